The van der Waals surface area contributed by atoms with E-state index < -0.39 is 11.1 Å². The van der Waals surface area contributed by atoms with Crippen LogP contribution in [0.5, 0.6) is 5.75 Å². The van der Waals surface area contributed by atoms with E-state index in [2.05, 4.69) is 21.2 Å². The fraction of sp³-hybridized carbons (Fsp3) is 0.429. The van der Waals surface area contributed by atoms with Crippen LogP contribution in [-0.4, -0.2) is 40.3 Å². The van der Waals surface area contributed by atoms with E-state index in [1.54, 1.807) is 20.0 Å². The van der Waals surface area contributed by atoms with Crippen molar-refractivity contribution in [2.75, 3.05) is 13.7 Å². The molecule has 112 valence electrons. The number of rotatable bonds is 1. The molecule has 7 heteroatoms. The standard InChI is InChI=1S/C14H15BrN2O3S/c1-13(7-18)6-14(11(19)17(2)12(21)16-14)9-5-8(15)3-4-10(9)20-13/h3-5,18H,6-7H2,1-2H3,(H,16,21)/t13-,14-/m0/s1. The number of fused-ring (bicyclic) bond motifs is 2. The van der Waals surface area contributed by atoms with Gasteiger partial charge in [-0.15, -0.1) is 0 Å². The SMILES string of the molecule is CN1C(=O)[C@@]2(C[C@@](C)(CO)Oc3ccc(Br)cc32)NC1=S. The number of aliphatic hydroxyl groups excluding tert-OH is 1. The van der Waals surface area contributed by atoms with Crippen LogP contribution < -0.4 is 10.1 Å². The molecule has 1 amide bonds. The molecule has 0 radical (unpaired) electrons. The van der Waals surface area contributed by atoms with Gasteiger partial charge in [-0.2, -0.15) is 0 Å². The Morgan fingerprint density at radius 3 is 2.86 bits per heavy atom. The van der Waals surface area contributed by atoms with E-state index in [-0.39, 0.29) is 12.5 Å². The molecule has 1 aromatic carbocycles. The Hall–Kier alpha value is -1.18. The number of carbonyl (C=O) groups is 1. The number of carbonyl (C=O) groups excluding carboxylic acids is 1. The Balaban J connectivity index is 2.23. The Labute approximate surface area is 136 Å². The maximum Gasteiger partial charge on any atom is 0.259 e. The number of likely N-dealkylation sites (N-methyl/N-ethyl adjacent to an activating group) is 1. The largest absolute Gasteiger partial charge is 0.485 e. The first kappa shape index (κ1) is 14.7. The molecule has 2 heterocycles. The van der Waals surface area contributed by atoms with Crippen molar-refractivity contribution in [3.63, 3.8) is 0 Å². The summed E-state index contributed by atoms with van der Waals surface area (Å²) in [6.07, 6.45) is 0.309. The lowest BCUT2D eigenvalue weighted by Gasteiger charge is -2.43. The molecule has 2 N–H and O–H groups in total. The van der Waals surface area contributed by atoms with Crippen LogP contribution >= 0.6 is 28.1 Å². The van der Waals surface area contributed by atoms with Gasteiger partial charge in [0.15, 0.2) is 10.7 Å². The van der Waals surface area contributed by atoms with Gasteiger partial charge in [0.2, 0.25) is 0 Å². The van der Waals surface area contributed by atoms with Gasteiger partial charge in [0.05, 0.1) is 6.61 Å². The van der Waals surface area contributed by atoms with Crippen molar-refractivity contribution in [2.24, 2.45) is 0 Å². The average molecular weight is 371 g/mol. The molecule has 0 unspecified atom stereocenters. The second-order valence-corrected chi connectivity index (χ2v) is 7.03. The maximum atomic E-state index is 12.8. The lowest BCUT2D eigenvalue weighted by Crippen LogP contribution is -2.56. The summed E-state index contributed by atoms with van der Waals surface area (Å²) in [5.74, 6) is 0.453. The Bertz CT molecular complexity index is 653. The van der Waals surface area contributed by atoms with E-state index in [9.17, 15) is 9.90 Å². The molecule has 2 aliphatic heterocycles. The third-order valence-electron chi connectivity index (χ3n) is 4.03. The predicted octanol–water partition coefficient (Wildman–Crippen LogP) is 1.52. The van der Waals surface area contributed by atoms with E-state index in [1.165, 1.54) is 4.90 Å². The Kier molecular flexibility index (Phi) is 3.27. The van der Waals surface area contributed by atoms with Gasteiger partial charge in [0.25, 0.3) is 5.91 Å². The third-order valence-corrected chi connectivity index (χ3v) is 4.90. The number of aliphatic hydroxyl groups is 1. The fourth-order valence-corrected chi connectivity index (χ4v) is 3.59. The third kappa shape index (κ3) is 2.06. The summed E-state index contributed by atoms with van der Waals surface area (Å²) in [5.41, 5.74) is -1.09. The monoisotopic (exact) mass is 370 g/mol. The van der Waals surface area contributed by atoms with Crippen LogP contribution in [-0.2, 0) is 10.3 Å². The first-order chi connectivity index (χ1) is 9.81. The number of benzene rings is 1. The number of thiocarbonyl (C=S) groups is 1. The van der Waals surface area contributed by atoms with Crippen LogP contribution in [0.4, 0.5) is 0 Å². The van der Waals surface area contributed by atoms with Crippen LogP contribution in [0.2, 0.25) is 0 Å². The van der Waals surface area contributed by atoms with Crippen molar-refractivity contribution in [3.05, 3.63) is 28.2 Å². The Morgan fingerprint density at radius 2 is 2.29 bits per heavy atom. The van der Waals surface area contributed by atoms with Crippen molar-refractivity contribution in [1.29, 1.82) is 0 Å². The second kappa shape index (κ2) is 4.66. The number of halogens is 1. The predicted molar refractivity (Wildman–Crippen MR) is 85.1 cm³/mol. The minimum atomic E-state index is -0.985. The first-order valence-corrected chi connectivity index (χ1v) is 7.72. The molecule has 1 fully saturated rings. The molecule has 1 spiro atoms. The first-order valence-electron chi connectivity index (χ1n) is 6.51. The van der Waals surface area contributed by atoms with Crippen LogP contribution in [0.15, 0.2) is 22.7 Å². The lowest BCUT2D eigenvalue weighted by molar-refractivity contribution is -0.134. The molecule has 0 aromatic heterocycles. The number of hydrogen-bond acceptors (Lipinski definition) is 4. The number of hydrogen-bond donors (Lipinski definition) is 2. The number of nitrogens with zero attached hydrogens (tertiary/aromatic N) is 1. The lowest BCUT2D eigenvalue weighted by atomic mass is 9.77. The summed E-state index contributed by atoms with van der Waals surface area (Å²) in [5, 5.41) is 13.2. The zero-order chi connectivity index (χ0) is 15.4. The van der Waals surface area contributed by atoms with Crippen LogP contribution in [0.25, 0.3) is 0 Å². The van der Waals surface area contributed by atoms with Crippen molar-refractivity contribution in [2.45, 2.75) is 24.5 Å². The highest BCUT2D eigenvalue weighted by molar-refractivity contribution is 9.10. The molecular formula is C14H15BrN2O3S. The highest BCUT2D eigenvalue weighted by Gasteiger charge is 2.57. The zero-order valence-electron chi connectivity index (χ0n) is 11.6. The van der Waals surface area contributed by atoms with Crippen molar-refractivity contribution in [3.8, 4) is 5.75 Å². The van der Waals surface area contributed by atoms with Crippen molar-refractivity contribution >= 4 is 39.2 Å². The van der Waals surface area contributed by atoms with Crippen LogP contribution in [0.1, 0.15) is 18.9 Å². The minimum Gasteiger partial charge on any atom is -0.485 e. The topological polar surface area (TPSA) is 61.8 Å². The molecule has 21 heavy (non-hydrogen) atoms. The normalized spacial score (nSPS) is 31.1. The highest BCUT2D eigenvalue weighted by Crippen LogP contribution is 2.47. The van der Waals surface area contributed by atoms with E-state index in [0.717, 1.165) is 10.0 Å². The molecule has 5 nitrogen and oxygen atoms in total. The highest BCUT2D eigenvalue weighted by atomic mass is 79.9. The maximum absolute atomic E-state index is 12.8. The summed E-state index contributed by atoms with van der Waals surface area (Å²) in [6, 6.07) is 5.50. The molecule has 1 saturated heterocycles. The van der Waals surface area contributed by atoms with Gasteiger partial charge in [0, 0.05) is 23.5 Å². The summed E-state index contributed by atoms with van der Waals surface area (Å²) in [4.78, 5) is 14.2. The summed E-state index contributed by atoms with van der Waals surface area (Å²) in [6.45, 7) is 1.60. The van der Waals surface area contributed by atoms with Crippen LogP contribution in [0.3, 0.4) is 0 Å². The molecule has 1 aromatic rings. The van der Waals surface area contributed by atoms with Crippen LogP contribution in [0, 0.1) is 0 Å². The molecule has 0 aliphatic carbocycles. The van der Waals surface area contributed by atoms with Gasteiger partial charge >= 0.3 is 0 Å². The van der Waals surface area contributed by atoms with Gasteiger partial charge in [-0.25, -0.2) is 0 Å². The minimum absolute atomic E-state index is 0.130. The summed E-state index contributed by atoms with van der Waals surface area (Å²) in [7, 11) is 1.65. The quantitative estimate of drug-likeness (QED) is 0.734. The molecule has 3 rings (SSSR count). The average Bonchev–Trinajstić information content (AvgIpc) is 2.65. The van der Waals surface area contributed by atoms with Gasteiger partial charge in [-0.1, -0.05) is 15.9 Å². The van der Waals surface area contributed by atoms with Crippen molar-refractivity contribution < 1.29 is 14.6 Å². The number of nitrogens with one attached hydrogen (secondary N) is 1. The molecule has 2 aliphatic rings. The molecule has 0 saturated carbocycles. The van der Waals surface area contributed by atoms with Gasteiger partial charge in [-0.05, 0) is 37.3 Å². The number of ether oxygens (including phenoxy) is 1. The Morgan fingerprint density at radius 1 is 1.57 bits per heavy atom. The fourth-order valence-electron chi connectivity index (χ4n) is 2.97. The van der Waals surface area contributed by atoms with Gasteiger partial charge < -0.3 is 15.2 Å². The van der Waals surface area contributed by atoms with Gasteiger partial charge in [0.1, 0.15) is 11.4 Å². The molecule has 2 atom stereocenters. The zero-order valence-corrected chi connectivity index (χ0v) is 14.0. The van der Waals surface area contributed by atoms with E-state index >= 15 is 0 Å². The smallest absolute Gasteiger partial charge is 0.259 e. The summed E-state index contributed by atoms with van der Waals surface area (Å²) >= 11 is 8.65. The van der Waals surface area contributed by atoms with Gasteiger partial charge in [-0.3, -0.25) is 9.69 Å². The van der Waals surface area contributed by atoms with E-state index in [0.29, 0.717) is 17.3 Å². The number of amides is 1. The summed E-state index contributed by atoms with van der Waals surface area (Å²) < 4.78 is 6.76. The molecule has 0 bridgehead atoms. The van der Waals surface area contributed by atoms with E-state index in [1.807, 2.05) is 12.1 Å². The van der Waals surface area contributed by atoms with Crippen molar-refractivity contribution in [1.82, 2.24) is 10.2 Å². The van der Waals surface area contributed by atoms with E-state index in [4.69, 9.17) is 17.0 Å². The molecular weight excluding hydrogens is 356 g/mol. The second-order valence-electron chi connectivity index (χ2n) is 5.73.